The summed E-state index contributed by atoms with van der Waals surface area (Å²) in [6, 6.07) is 9.65. The van der Waals surface area contributed by atoms with Gasteiger partial charge in [0.2, 0.25) is 0 Å². The average Bonchev–Trinajstić information content (AvgIpc) is 3.48. The zero-order valence-electron chi connectivity index (χ0n) is 30.3. The van der Waals surface area contributed by atoms with E-state index in [-0.39, 0.29) is 35.5 Å². The minimum atomic E-state index is -0.351. The summed E-state index contributed by atoms with van der Waals surface area (Å²) in [5, 5.41) is 0.968. The summed E-state index contributed by atoms with van der Waals surface area (Å²) < 4.78 is 7.83. The number of thioether (sulfide) groups is 1. The Hall–Kier alpha value is -3.16. The number of fused-ring (bicyclic) bond motifs is 2. The summed E-state index contributed by atoms with van der Waals surface area (Å²) in [7, 11) is 0. The van der Waals surface area contributed by atoms with E-state index < -0.39 is 0 Å². The Morgan fingerprint density at radius 1 is 1.02 bits per heavy atom. The Labute approximate surface area is 287 Å². The maximum Gasteiger partial charge on any atom is 0.360 e. The molecular formula is C40H55N4O2S+. The van der Waals surface area contributed by atoms with Crippen LogP contribution in [-0.4, -0.2) is 77.7 Å². The van der Waals surface area contributed by atoms with Crippen molar-refractivity contribution in [3.05, 3.63) is 82.3 Å². The molecule has 0 fully saturated rings. The highest BCUT2D eigenvalue weighted by atomic mass is 32.2. The van der Waals surface area contributed by atoms with Crippen LogP contribution in [0.15, 0.2) is 81.8 Å². The van der Waals surface area contributed by atoms with Crippen molar-refractivity contribution in [3.8, 4) is 0 Å². The summed E-state index contributed by atoms with van der Waals surface area (Å²) in [4.78, 5) is 24.0. The lowest BCUT2D eigenvalue weighted by atomic mass is 9.51. The van der Waals surface area contributed by atoms with Crippen molar-refractivity contribution in [2.45, 2.75) is 81.3 Å². The molecule has 0 spiro atoms. The first kappa shape index (κ1) is 35.2. The molecule has 252 valence electrons. The zero-order chi connectivity index (χ0) is 34.3. The van der Waals surface area contributed by atoms with Crippen LogP contribution in [0.5, 0.6) is 0 Å². The third-order valence-electron chi connectivity index (χ3n) is 10.6. The largest absolute Gasteiger partial charge is 0.458 e. The predicted octanol–water partition coefficient (Wildman–Crippen LogP) is 8.14. The van der Waals surface area contributed by atoms with Crippen LogP contribution in [0.1, 0.15) is 74.8 Å². The number of rotatable bonds is 12. The zero-order valence-corrected chi connectivity index (χ0v) is 31.1. The van der Waals surface area contributed by atoms with Crippen LogP contribution >= 0.6 is 11.8 Å². The lowest BCUT2D eigenvalue weighted by molar-refractivity contribution is -0.558. The van der Waals surface area contributed by atoms with E-state index >= 15 is 0 Å². The first-order valence-corrected chi connectivity index (χ1v) is 18.4. The highest BCUT2D eigenvalue weighted by Crippen LogP contribution is 2.64. The van der Waals surface area contributed by atoms with Crippen molar-refractivity contribution in [1.29, 1.82) is 0 Å². The molecule has 0 aromatic heterocycles. The Balaban J connectivity index is 1.75. The second kappa shape index (κ2) is 13.8. The van der Waals surface area contributed by atoms with Crippen LogP contribution < -0.4 is 4.90 Å². The third-order valence-corrected chi connectivity index (χ3v) is 11.7. The Morgan fingerprint density at radius 3 is 2.23 bits per heavy atom. The SMILES string of the molecule is C=C(C)C(=O)OCC[N+](=C1N=C2C(=C(c3ccc(N(CC)CC)cc3)C3(C)C=CC(N(CC)CC)C4=C3C2(C)C=CC4C)S1)C(C)C. The van der Waals surface area contributed by atoms with Crippen molar-refractivity contribution in [2.24, 2.45) is 21.7 Å². The van der Waals surface area contributed by atoms with E-state index in [1.54, 1.807) is 18.7 Å². The number of ether oxygens (including phenoxy) is 1. The molecule has 1 aromatic carbocycles. The van der Waals surface area contributed by atoms with Gasteiger partial charge in [0.05, 0.1) is 16.4 Å². The molecule has 1 heterocycles. The molecule has 7 heteroatoms. The lowest BCUT2D eigenvalue weighted by Gasteiger charge is -2.53. The fourth-order valence-corrected chi connectivity index (χ4v) is 9.63. The Bertz CT molecular complexity index is 1600. The predicted molar refractivity (Wildman–Crippen MR) is 200 cm³/mol. The number of esters is 1. The van der Waals surface area contributed by atoms with E-state index in [9.17, 15) is 4.79 Å². The van der Waals surface area contributed by atoms with E-state index in [4.69, 9.17) is 9.73 Å². The molecule has 3 aliphatic carbocycles. The van der Waals surface area contributed by atoms with Crippen LogP contribution in [0.4, 0.5) is 5.69 Å². The molecule has 4 atom stereocenters. The molecule has 0 saturated carbocycles. The summed E-state index contributed by atoms with van der Waals surface area (Å²) in [5.41, 5.74) is 7.73. The van der Waals surface area contributed by atoms with Crippen molar-refractivity contribution < 1.29 is 14.1 Å². The summed E-state index contributed by atoms with van der Waals surface area (Å²) in [6.07, 6.45) is 9.84. The first-order valence-electron chi connectivity index (χ1n) is 17.6. The van der Waals surface area contributed by atoms with Gasteiger partial charge in [0.25, 0.3) is 0 Å². The average molecular weight is 656 g/mol. The molecular weight excluding hydrogens is 601 g/mol. The first-order chi connectivity index (χ1) is 22.4. The smallest absolute Gasteiger partial charge is 0.360 e. The van der Waals surface area contributed by atoms with Gasteiger partial charge in [-0.3, -0.25) is 4.90 Å². The molecule has 4 aliphatic rings. The number of aliphatic imine (C=N–C) groups is 1. The Kier molecular flexibility index (Phi) is 10.3. The number of carbonyl (C=O) groups excluding carboxylic acids is 1. The minimum absolute atomic E-state index is 0.178. The third kappa shape index (κ3) is 6.03. The molecule has 5 rings (SSSR count). The summed E-state index contributed by atoms with van der Waals surface area (Å²) >= 11 is 1.78. The molecule has 4 unspecified atom stereocenters. The molecule has 0 N–H and O–H groups in total. The van der Waals surface area contributed by atoms with Crippen LogP contribution in [0.3, 0.4) is 0 Å². The number of anilines is 1. The van der Waals surface area contributed by atoms with E-state index in [0.29, 0.717) is 18.0 Å². The van der Waals surface area contributed by atoms with Crippen molar-refractivity contribution >= 4 is 39.9 Å². The van der Waals surface area contributed by atoms with E-state index in [2.05, 4.69) is 132 Å². The van der Waals surface area contributed by atoms with Gasteiger partial charge in [-0.15, -0.1) is 0 Å². The lowest BCUT2D eigenvalue weighted by Crippen LogP contribution is -2.50. The number of hydrogen-bond acceptors (Lipinski definition) is 5. The van der Waals surface area contributed by atoms with Crippen LogP contribution in [-0.2, 0) is 9.53 Å². The number of hydrogen-bond donors (Lipinski definition) is 0. The standard InChI is InChI=1S/C40H55N4O2S/c1-12-42(13-2)30-18-16-29(17-19-30)33-34-36(41-38(47-34)44(27(7)8)24-25-46-37(45)26(5)6)40(11)22-20-28(9)32-31(43(14-3)15-4)21-23-39(33,10)35(32)40/h16-23,27-28,31H,5,12-15,24-25H2,1-4,6-11H3/q+1. The quantitative estimate of drug-likeness (QED) is 0.0985. The van der Waals surface area contributed by atoms with Gasteiger partial charge >= 0.3 is 11.1 Å². The van der Waals surface area contributed by atoms with E-state index in [1.807, 2.05) is 0 Å². The van der Waals surface area contributed by atoms with Gasteiger partial charge in [-0.2, -0.15) is 0 Å². The van der Waals surface area contributed by atoms with Crippen LogP contribution in [0.2, 0.25) is 0 Å². The second-order valence-corrected chi connectivity index (χ2v) is 14.9. The number of likely N-dealkylation sites (N-methyl/N-ethyl adjacent to an activating group) is 1. The molecule has 6 nitrogen and oxygen atoms in total. The molecule has 1 aliphatic heterocycles. The maximum atomic E-state index is 12.2. The minimum Gasteiger partial charge on any atom is -0.458 e. The molecule has 0 bridgehead atoms. The highest BCUT2D eigenvalue weighted by molar-refractivity contribution is 8.18. The van der Waals surface area contributed by atoms with Crippen LogP contribution in [0, 0.1) is 16.7 Å². The van der Waals surface area contributed by atoms with Crippen LogP contribution in [0.25, 0.3) is 5.57 Å². The fourth-order valence-electron chi connectivity index (χ4n) is 8.10. The second-order valence-electron chi connectivity index (χ2n) is 13.9. The normalized spacial score (nSPS) is 27.3. The number of nitrogens with zero attached hydrogens (tertiary/aromatic N) is 4. The van der Waals surface area contributed by atoms with Gasteiger partial charge in [-0.1, -0.05) is 63.8 Å². The molecule has 0 amide bonds. The molecule has 1 aromatic rings. The number of benzene rings is 1. The van der Waals surface area contributed by atoms with Gasteiger partial charge in [0, 0.05) is 47.6 Å². The van der Waals surface area contributed by atoms with Gasteiger partial charge in [0.15, 0.2) is 5.71 Å². The van der Waals surface area contributed by atoms with E-state index in [1.165, 1.54) is 32.9 Å². The number of carbonyl (C=O) groups is 1. The fraction of sp³-hybridized carbons (Fsp3) is 0.525. The Morgan fingerprint density at radius 2 is 1.66 bits per heavy atom. The molecule has 47 heavy (non-hydrogen) atoms. The van der Waals surface area contributed by atoms with Gasteiger partial charge < -0.3 is 9.64 Å². The van der Waals surface area contributed by atoms with Gasteiger partial charge in [0.1, 0.15) is 13.2 Å². The highest BCUT2D eigenvalue weighted by Gasteiger charge is 2.59. The molecule has 0 saturated heterocycles. The van der Waals surface area contributed by atoms with E-state index in [0.717, 1.165) is 37.1 Å². The van der Waals surface area contributed by atoms with Crippen molar-refractivity contribution in [1.82, 2.24) is 4.90 Å². The summed E-state index contributed by atoms with van der Waals surface area (Å²) in [6.45, 7) is 30.8. The number of amidine groups is 1. The summed E-state index contributed by atoms with van der Waals surface area (Å²) in [5.74, 6) is -0.0232. The van der Waals surface area contributed by atoms with Gasteiger partial charge in [-0.05, 0) is 107 Å². The molecule has 0 radical (unpaired) electrons. The monoisotopic (exact) mass is 655 g/mol. The van der Waals surface area contributed by atoms with Crippen molar-refractivity contribution in [3.63, 3.8) is 0 Å². The maximum absolute atomic E-state index is 12.2. The van der Waals surface area contributed by atoms with Gasteiger partial charge in [-0.25, -0.2) is 9.37 Å². The topological polar surface area (TPSA) is 48.2 Å². The van der Waals surface area contributed by atoms with Crippen molar-refractivity contribution in [2.75, 3.05) is 44.2 Å². The number of allylic oxidation sites excluding steroid dienone is 6.